The molecule has 1 aromatic rings. The van der Waals surface area contributed by atoms with Crippen molar-refractivity contribution in [1.29, 1.82) is 0 Å². The molecule has 0 N–H and O–H groups in total. The van der Waals surface area contributed by atoms with Crippen molar-refractivity contribution >= 4 is 11.9 Å². The fourth-order valence-corrected chi connectivity index (χ4v) is 2.25. The van der Waals surface area contributed by atoms with Gasteiger partial charge in [-0.15, -0.1) is 0 Å². The highest BCUT2D eigenvalue weighted by molar-refractivity contribution is 5.73. The SMILES string of the molecule is CCCOc1cc(C)nc(N2CCC(C(=O)OC)C2)n1. The zero-order valence-electron chi connectivity index (χ0n) is 12.3. The monoisotopic (exact) mass is 279 g/mol. The van der Waals surface area contributed by atoms with Crippen LogP contribution in [0.4, 0.5) is 5.95 Å². The number of nitrogens with zero attached hydrogens (tertiary/aromatic N) is 3. The molecule has 2 rings (SSSR count). The molecule has 110 valence electrons. The van der Waals surface area contributed by atoms with E-state index in [1.54, 1.807) is 0 Å². The molecular formula is C14H21N3O3. The van der Waals surface area contributed by atoms with Gasteiger partial charge in [-0.3, -0.25) is 4.79 Å². The van der Waals surface area contributed by atoms with Crippen LogP contribution in [0, 0.1) is 12.8 Å². The van der Waals surface area contributed by atoms with Crippen LogP contribution in [0.15, 0.2) is 6.07 Å². The molecule has 1 aromatic heterocycles. The van der Waals surface area contributed by atoms with Gasteiger partial charge in [-0.25, -0.2) is 4.98 Å². The summed E-state index contributed by atoms with van der Waals surface area (Å²) in [6, 6.07) is 1.83. The zero-order chi connectivity index (χ0) is 14.5. The van der Waals surface area contributed by atoms with Crippen LogP contribution < -0.4 is 9.64 Å². The summed E-state index contributed by atoms with van der Waals surface area (Å²) in [5.41, 5.74) is 0.864. The van der Waals surface area contributed by atoms with Gasteiger partial charge in [0.05, 0.1) is 19.6 Å². The molecule has 1 aliphatic heterocycles. The fourth-order valence-electron chi connectivity index (χ4n) is 2.25. The first kappa shape index (κ1) is 14.6. The minimum absolute atomic E-state index is 0.0934. The summed E-state index contributed by atoms with van der Waals surface area (Å²) in [5, 5.41) is 0. The Labute approximate surface area is 119 Å². The van der Waals surface area contributed by atoms with Crippen LogP contribution >= 0.6 is 0 Å². The third-order valence-corrected chi connectivity index (χ3v) is 3.28. The lowest BCUT2D eigenvalue weighted by atomic mass is 10.1. The van der Waals surface area contributed by atoms with Crippen molar-refractivity contribution in [3.05, 3.63) is 11.8 Å². The van der Waals surface area contributed by atoms with Gasteiger partial charge in [0, 0.05) is 24.8 Å². The van der Waals surface area contributed by atoms with E-state index < -0.39 is 0 Å². The molecule has 1 fully saturated rings. The second kappa shape index (κ2) is 6.54. The lowest BCUT2D eigenvalue weighted by molar-refractivity contribution is -0.144. The molecule has 2 heterocycles. The van der Waals surface area contributed by atoms with Crippen molar-refractivity contribution < 1.29 is 14.3 Å². The molecule has 20 heavy (non-hydrogen) atoms. The van der Waals surface area contributed by atoms with Crippen LogP contribution in [0.1, 0.15) is 25.5 Å². The summed E-state index contributed by atoms with van der Waals surface area (Å²) < 4.78 is 10.4. The van der Waals surface area contributed by atoms with Gasteiger partial charge in [-0.1, -0.05) is 6.92 Å². The summed E-state index contributed by atoms with van der Waals surface area (Å²) in [4.78, 5) is 22.4. The number of ether oxygens (including phenoxy) is 2. The number of hydrogen-bond acceptors (Lipinski definition) is 6. The normalized spacial score (nSPS) is 18.1. The second-order valence-corrected chi connectivity index (χ2v) is 4.95. The van der Waals surface area contributed by atoms with Crippen LogP contribution in [0.3, 0.4) is 0 Å². The largest absolute Gasteiger partial charge is 0.478 e. The van der Waals surface area contributed by atoms with Crippen LogP contribution in [0.2, 0.25) is 0 Å². The molecule has 0 spiro atoms. The third kappa shape index (κ3) is 3.37. The molecule has 0 amide bonds. The average molecular weight is 279 g/mol. The van der Waals surface area contributed by atoms with E-state index in [9.17, 15) is 4.79 Å². The van der Waals surface area contributed by atoms with Crippen LogP contribution in [0.5, 0.6) is 5.88 Å². The molecule has 0 aliphatic carbocycles. The Balaban J connectivity index is 2.09. The number of carbonyl (C=O) groups excluding carboxylic acids is 1. The molecule has 0 aromatic carbocycles. The van der Waals surface area contributed by atoms with Crippen LogP contribution in [-0.4, -0.2) is 42.7 Å². The first-order valence-corrected chi connectivity index (χ1v) is 6.95. The number of hydrogen-bond donors (Lipinski definition) is 0. The minimum Gasteiger partial charge on any atom is -0.478 e. The number of rotatable bonds is 5. The number of aromatic nitrogens is 2. The van der Waals surface area contributed by atoms with Crippen LogP contribution in [0.25, 0.3) is 0 Å². The number of esters is 1. The lowest BCUT2D eigenvalue weighted by Crippen LogP contribution is -2.25. The second-order valence-electron chi connectivity index (χ2n) is 4.95. The Kier molecular flexibility index (Phi) is 4.76. The lowest BCUT2D eigenvalue weighted by Gasteiger charge is -2.17. The standard InChI is InChI=1S/C14H21N3O3/c1-4-7-20-12-8-10(2)15-14(16-12)17-6-5-11(9-17)13(18)19-3/h8,11H,4-7,9H2,1-3H3. The molecule has 1 unspecified atom stereocenters. The summed E-state index contributed by atoms with van der Waals surface area (Å²) in [5.74, 6) is 0.963. The van der Waals surface area contributed by atoms with Gasteiger partial charge >= 0.3 is 5.97 Å². The predicted octanol–water partition coefficient (Wildman–Crippen LogP) is 1.57. The van der Waals surface area contributed by atoms with Crippen LogP contribution in [-0.2, 0) is 9.53 Å². The number of anilines is 1. The van der Waals surface area contributed by atoms with Crippen molar-refractivity contribution in [2.24, 2.45) is 5.92 Å². The first-order chi connectivity index (χ1) is 9.63. The quantitative estimate of drug-likeness (QED) is 0.762. The Morgan fingerprint density at radius 1 is 1.50 bits per heavy atom. The maximum atomic E-state index is 11.6. The van der Waals surface area contributed by atoms with E-state index in [0.29, 0.717) is 25.0 Å². The van der Waals surface area contributed by atoms with E-state index in [-0.39, 0.29) is 11.9 Å². The van der Waals surface area contributed by atoms with Gasteiger partial charge in [0.25, 0.3) is 0 Å². The van der Waals surface area contributed by atoms with E-state index in [1.807, 2.05) is 17.9 Å². The van der Waals surface area contributed by atoms with Gasteiger partial charge < -0.3 is 14.4 Å². The van der Waals surface area contributed by atoms with E-state index in [1.165, 1.54) is 7.11 Å². The highest BCUT2D eigenvalue weighted by atomic mass is 16.5. The minimum atomic E-state index is -0.164. The van der Waals surface area contributed by atoms with E-state index >= 15 is 0 Å². The Morgan fingerprint density at radius 3 is 3.00 bits per heavy atom. The Bertz CT molecular complexity index is 479. The molecule has 0 saturated carbocycles. The van der Waals surface area contributed by atoms with E-state index in [0.717, 1.165) is 25.1 Å². The Morgan fingerprint density at radius 2 is 2.30 bits per heavy atom. The summed E-state index contributed by atoms with van der Waals surface area (Å²) in [7, 11) is 1.42. The third-order valence-electron chi connectivity index (χ3n) is 3.28. The maximum absolute atomic E-state index is 11.6. The maximum Gasteiger partial charge on any atom is 0.310 e. The zero-order valence-corrected chi connectivity index (χ0v) is 12.3. The Hall–Kier alpha value is -1.85. The number of carbonyl (C=O) groups is 1. The number of methoxy groups -OCH3 is 1. The molecule has 6 nitrogen and oxygen atoms in total. The van der Waals surface area contributed by atoms with Gasteiger partial charge in [0.1, 0.15) is 0 Å². The molecule has 6 heteroatoms. The van der Waals surface area contributed by atoms with Crippen molar-refractivity contribution in [3.63, 3.8) is 0 Å². The number of aryl methyl sites for hydroxylation is 1. The van der Waals surface area contributed by atoms with Crippen molar-refractivity contribution in [3.8, 4) is 5.88 Å². The summed E-state index contributed by atoms with van der Waals surface area (Å²) in [6.07, 6.45) is 1.71. The molecule has 0 bridgehead atoms. The molecule has 1 atom stereocenters. The predicted molar refractivity (Wildman–Crippen MR) is 74.9 cm³/mol. The van der Waals surface area contributed by atoms with Crippen molar-refractivity contribution in [2.75, 3.05) is 31.7 Å². The van der Waals surface area contributed by atoms with Gasteiger partial charge in [0.15, 0.2) is 0 Å². The van der Waals surface area contributed by atoms with E-state index in [4.69, 9.17) is 9.47 Å². The average Bonchev–Trinajstić information content (AvgIpc) is 2.93. The van der Waals surface area contributed by atoms with E-state index in [2.05, 4.69) is 16.9 Å². The fraction of sp³-hybridized carbons (Fsp3) is 0.643. The van der Waals surface area contributed by atoms with Gasteiger partial charge in [0.2, 0.25) is 11.8 Å². The molecule has 1 aliphatic rings. The molecule has 0 radical (unpaired) electrons. The molecule has 1 saturated heterocycles. The molecular weight excluding hydrogens is 258 g/mol. The topological polar surface area (TPSA) is 64.5 Å². The summed E-state index contributed by atoms with van der Waals surface area (Å²) in [6.45, 7) is 5.97. The van der Waals surface area contributed by atoms with Gasteiger partial charge in [-0.05, 0) is 19.8 Å². The van der Waals surface area contributed by atoms with Crippen molar-refractivity contribution in [2.45, 2.75) is 26.7 Å². The van der Waals surface area contributed by atoms with Crippen molar-refractivity contribution in [1.82, 2.24) is 9.97 Å². The first-order valence-electron chi connectivity index (χ1n) is 6.95. The highest BCUT2D eigenvalue weighted by Crippen LogP contribution is 2.23. The summed E-state index contributed by atoms with van der Waals surface area (Å²) >= 11 is 0. The smallest absolute Gasteiger partial charge is 0.310 e. The van der Waals surface area contributed by atoms with Gasteiger partial charge in [-0.2, -0.15) is 4.98 Å². The highest BCUT2D eigenvalue weighted by Gasteiger charge is 2.30.